The molecule has 0 aromatic heterocycles. The molecule has 0 bridgehead atoms. The van der Waals surface area contributed by atoms with Gasteiger partial charge in [0.1, 0.15) is 0 Å². The van der Waals surface area contributed by atoms with Crippen LogP contribution in [0.15, 0.2) is 18.2 Å². The molecule has 1 aliphatic rings. The molecule has 0 spiro atoms. The second kappa shape index (κ2) is 7.66. The molecule has 0 atom stereocenters. The van der Waals surface area contributed by atoms with E-state index in [2.05, 4.69) is 28.5 Å². The maximum atomic E-state index is 11.7. The molecule has 1 aromatic carbocycles. The molecule has 2 rings (SSSR count). The van der Waals surface area contributed by atoms with Gasteiger partial charge in [-0.2, -0.15) is 0 Å². The molecule has 21 heavy (non-hydrogen) atoms. The van der Waals surface area contributed by atoms with Crippen molar-refractivity contribution >= 4 is 23.2 Å². The summed E-state index contributed by atoms with van der Waals surface area (Å²) < 4.78 is 0. The molecule has 0 aliphatic carbocycles. The molecule has 0 radical (unpaired) electrons. The molecule has 1 aliphatic heterocycles. The Hall–Kier alpha value is -1.26. The van der Waals surface area contributed by atoms with Crippen molar-refractivity contribution in [2.75, 3.05) is 31.6 Å². The number of hydrogen-bond acceptors (Lipinski definition) is 3. The fourth-order valence-corrected chi connectivity index (χ4v) is 2.99. The first-order valence-corrected chi connectivity index (χ1v) is 7.99. The van der Waals surface area contributed by atoms with Crippen LogP contribution in [-0.2, 0) is 11.3 Å². The zero-order valence-corrected chi connectivity index (χ0v) is 13.5. The van der Waals surface area contributed by atoms with Gasteiger partial charge in [0.25, 0.3) is 0 Å². The van der Waals surface area contributed by atoms with Crippen LogP contribution in [0.25, 0.3) is 0 Å². The van der Waals surface area contributed by atoms with E-state index < -0.39 is 0 Å². The van der Waals surface area contributed by atoms with Crippen molar-refractivity contribution in [1.29, 1.82) is 0 Å². The summed E-state index contributed by atoms with van der Waals surface area (Å²) in [7, 11) is 1.71. The molecule has 4 nitrogen and oxygen atoms in total. The van der Waals surface area contributed by atoms with E-state index >= 15 is 0 Å². The summed E-state index contributed by atoms with van der Waals surface area (Å²) in [5, 5.41) is 6.88. The molecule has 2 N–H and O–H groups in total. The van der Waals surface area contributed by atoms with Gasteiger partial charge in [-0.3, -0.25) is 4.79 Å². The quantitative estimate of drug-likeness (QED) is 0.878. The topological polar surface area (TPSA) is 44.4 Å². The highest BCUT2D eigenvalue weighted by Crippen LogP contribution is 2.29. The third kappa shape index (κ3) is 4.11. The third-order valence-corrected chi connectivity index (χ3v) is 4.30. The van der Waals surface area contributed by atoms with Crippen molar-refractivity contribution in [3.63, 3.8) is 0 Å². The summed E-state index contributed by atoms with van der Waals surface area (Å²) in [6.45, 7) is 5.69. The van der Waals surface area contributed by atoms with Gasteiger partial charge in [-0.25, -0.2) is 0 Å². The number of halogens is 1. The Balaban J connectivity index is 2.08. The largest absolute Gasteiger partial charge is 0.371 e. The predicted molar refractivity (Wildman–Crippen MR) is 87.8 cm³/mol. The Labute approximate surface area is 131 Å². The van der Waals surface area contributed by atoms with Crippen LogP contribution in [0.5, 0.6) is 0 Å². The summed E-state index contributed by atoms with van der Waals surface area (Å²) in [6.07, 6.45) is 1.79. The smallest absolute Gasteiger partial charge is 0.222 e. The van der Waals surface area contributed by atoms with Crippen molar-refractivity contribution in [3.05, 3.63) is 28.8 Å². The molecule has 1 heterocycles. The van der Waals surface area contributed by atoms with Crippen LogP contribution in [-0.4, -0.2) is 32.6 Å². The van der Waals surface area contributed by atoms with Crippen LogP contribution in [0.2, 0.25) is 5.02 Å². The van der Waals surface area contributed by atoms with Crippen LogP contribution in [0.3, 0.4) is 0 Å². The van der Waals surface area contributed by atoms with Gasteiger partial charge in [0.2, 0.25) is 5.91 Å². The minimum absolute atomic E-state index is 0.141. The number of amides is 1. The van der Waals surface area contributed by atoms with Gasteiger partial charge in [0.15, 0.2) is 0 Å². The number of nitrogens with one attached hydrogen (secondary N) is 2. The summed E-state index contributed by atoms with van der Waals surface area (Å²) in [6, 6.07) is 6.06. The molecule has 0 saturated carbocycles. The number of anilines is 1. The molecule has 1 saturated heterocycles. The van der Waals surface area contributed by atoms with Gasteiger partial charge >= 0.3 is 0 Å². The maximum Gasteiger partial charge on any atom is 0.222 e. The lowest BCUT2D eigenvalue weighted by Gasteiger charge is -2.34. The van der Waals surface area contributed by atoms with Gasteiger partial charge in [0, 0.05) is 43.3 Å². The average Bonchev–Trinajstić information content (AvgIpc) is 2.53. The van der Waals surface area contributed by atoms with E-state index in [0.29, 0.717) is 0 Å². The maximum absolute atomic E-state index is 11.7. The zero-order chi connectivity index (χ0) is 15.2. The third-order valence-electron chi connectivity index (χ3n) is 4.07. The van der Waals surface area contributed by atoms with Crippen LogP contribution >= 0.6 is 11.6 Å². The van der Waals surface area contributed by atoms with Gasteiger partial charge in [0.05, 0.1) is 0 Å². The number of nitrogens with zero attached hydrogens (tertiary/aromatic N) is 1. The van der Waals surface area contributed by atoms with E-state index in [1.807, 2.05) is 12.1 Å². The highest BCUT2D eigenvalue weighted by molar-refractivity contribution is 6.30. The van der Waals surface area contributed by atoms with Gasteiger partial charge in [-0.05, 0) is 37.1 Å². The van der Waals surface area contributed by atoms with E-state index in [-0.39, 0.29) is 11.8 Å². The summed E-state index contributed by atoms with van der Waals surface area (Å²) in [5.41, 5.74) is 2.46. The number of carbonyl (C=O) groups excluding carboxylic acids is 1. The first-order valence-electron chi connectivity index (χ1n) is 7.61. The van der Waals surface area contributed by atoms with Crippen LogP contribution in [0.4, 0.5) is 5.69 Å². The van der Waals surface area contributed by atoms with Crippen LogP contribution in [0, 0.1) is 5.92 Å². The monoisotopic (exact) mass is 309 g/mol. The normalized spacial score (nSPS) is 16.0. The lowest BCUT2D eigenvalue weighted by Crippen LogP contribution is -2.40. The lowest BCUT2D eigenvalue weighted by atomic mass is 9.95. The average molecular weight is 310 g/mol. The van der Waals surface area contributed by atoms with E-state index in [1.54, 1.807) is 7.05 Å². The molecule has 1 fully saturated rings. The number of benzene rings is 1. The first kappa shape index (κ1) is 16.1. The van der Waals surface area contributed by atoms with Crippen LogP contribution < -0.4 is 15.5 Å². The Morgan fingerprint density at radius 2 is 2.10 bits per heavy atom. The van der Waals surface area contributed by atoms with E-state index in [1.165, 1.54) is 11.3 Å². The van der Waals surface area contributed by atoms with Crippen molar-refractivity contribution in [2.45, 2.75) is 26.3 Å². The minimum atomic E-state index is 0.141. The summed E-state index contributed by atoms with van der Waals surface area (Å²) in [5.74, 6) is 0.302. The Morgan fingerprint density at radius 1 is 1.38 bits per heavy atom. The minimum Gasteiger partial charge on any atom is -0.371 e. The molecule has 1 aromatic rings. The van der Waals surface area contributed by atoms with Gasteiger partial charge in [-0.1, -0.05) is 24.6 Å². The van der Waals surface area contributed by atoms with E-state index in [9.17, 15) is 4.79 Å². The Bertz CT molecular complexity index is 484. The standard InChI is InChI=1S/C16H24ClN3O/c1-3-19-11-13-4-5-14(17)10-15(13)20-8-6-12(7-9-20)16(21)18-2/h4-5,10,12,19H,3,6-9,11H2,1-2H3,(H,18,21). The van der Waals surface area contributed by atoms with Gasteiger partial charge in [-0.15, -0.1) is 0 Å². The van der Waals surface area contributed by atoms with Crippen molar-refractivity contribution in [3.8, 4) is 0 Å². The molecule has 1 amide bonds. The second-order valence-electron chi connectivity index (χ2n) is 5.43. The fraction of sp³-hybridized carbons (Fsp3) is 0.562. The number of piperidine rings is 1. The molecule has 116 valence electrons. The molecular formula is C16H24ClN3O. The zero-order valence-electron chi connectivity index (χ0n) is 12.8. The second-order valence-corrected chi connectivity index (χ2v) is 5.87. The van der Waals surface area contributed by atoms with Crippen molar-refractivity contribution < 1.29 is 4.79 Å². The van der Waals surface area contributed by atoms with Crippen LogP contribution in [0.1, 0.15) is 25.3 Å². The number of hydrogen-bond donors (Lipinski definition) is 2. The molecular weight excluding hydrogens is 286 g/mol. The van der Waals surface area contributed by atoms with E-state index in [4.69, 9.17) is 11.6 Å². The fourth-order valence-electron chi connectivity index (χ4n) is 2.83. The highest BCUT2D eigenvalue weighted by Gasteiger charge is 2.25. The van der Waals surface area contributed by atoms with Crippen molar-refractivity contribution in [2.24, 2.45) is 5.92 Å². The SMILES string of the molecule is CCNCc1ccc(Cl)cc1N1CCC(C(=O)NC)CC1. The predicted octanol–water partition coefficient (Wildman–Crippen LogP) is 2.41. The Morgan fingerprint density at radius 3 is 2.71 bits per heavy atom. The molecule has 5 heteroatoms. The first-order chi connectivity index (χ1) is 10.2. The highest BCUT2D eigenvalue weighted by atomic mass is 35.5. The number of rotatable bonds is 5. The van der Waals surface area contributed by atoms with Crippen molar-refractivity contribution in [1.82, 2.24) is 10.6 Å². The van der Waals surface area contributed by atoms with E-state index in [0.717, 1.165) is 44.0 Å². The lowest BCUT2D eigenvalue weighted by molar-refractivity contribution is -0.125. The van der Waals surface area contributed by atoms with Gasteiger partial charge < -0.3 is 15.5 Å². The summed E-state index contributed by atoms with van der Waals surface area (Å²) in [4.78, 5) is 14.1. The Kier molecular flexibility index (Phi) is 5.88. The number of carbonyl (C=O) groups is 1. The molecule has 0 unspecified atom stereocenters. The summed E-state index contributed by atoms with van der Waals surface area (Å²) >= 11 is 6.16.